The number of rotatable bonds is 5. The predicted octanol–water partition coefficient (Wildman–Crippen LogP) is 3.32. The molecule has 1 aromatic heterocycles. The Balaban J connectivity index is 1.84. The van der Waals surface area contributed by atoms with Gasteiger partial charge >= 0.3 is 0 Å². The van der Waals surface area contributed by atoms with Gasteiger partial charge in [0.1, 0.15) is 10.8 Å². The molecular weight excluding hydrogens is 339 g/mol. The number of halogens is 2. The van der Waals surface area contributed by atoms with Crippen molar-refractivity contribution in [3.63, 3.8) is 0 Å². The van der Waals surface area contributed by atoms with Crippen LogP contribution in [0.25, 0.3) is 0 Å². The molecule has 0 spiro atoms. The van der Waals surface area contributed by atoms with Crippen LogP contribution in [-0.4, -0.2) is 26.4 Å². The summed E-state index contributed by atoms with van der Waals surface area (Å²) in [5.41, 5.74) is 0.848. The van der Waals surface area contributed by atoms with Crippen molar-refractivity contribution in [1.82, 2.24) is 20.6 Å². The van der Waals surface area contributed by atoms with Crippen LogP contribution in [0.3, 0.4) is 0 Å². The molecule has 0 saturated carbocycles. The summed E-state index contributed by atoms with van der Waals surface area (Å²) in [5.74, 6) is 0.509. The van der Waals surface area contributed by atoms with Crippen LogP contribution in [0.15, 0.2) is 42.5 Å². The van der Waals surface area contributed by atoms with Crippen LogP contribution in [0.2, 0.25) is 10.0 Å². The molecule has 0 aliphatic heterocycles. The number of benzene rings is 2. The average molecular weight is 349 g/mol. The maximum Gasteiger partial charge on any atom is 0.211 e. The van der Waals surface area contributed by atoms with Crippen molar-refractivity contribution in [2.24, 2.45) is 0 Å². The van der Waals surface area contributed by atoms with Crippen molar-refractivity contribution >= 4 is 29.0 Å². The van der Waals surface area contributed by atoms with Gasteiger partial charge in [0.25, 0.3) is 0 Å². The first kappa shape index (κ1) is 15.5. The van der Waals surface area contributed by atoms with Gasteiger partial charge in [0.15, 0.2) is 12.4 Å². The highest BCUT2D eigenvalue weighted by molar-refractivity contribution is 6.45. The lowest BCUT2D eigenvalue weighted by Gasteiger charge is -2.10. The van der Waals surface area contributed by atoms with Gasteiger partial charge in [-0.2, -0.15) is 5.21 Å². The number of ketones is 1. The Hall–Kier alpha value is -2.44. The first-order valence-corrected chi connectivity index (χ1v) is 7.35. The minimum absolute atomic E-state index is 0.0819. The zero-order valence-corrected chi connectivity index (χ0v) is 13.2. The van der Waals surface area contributed by atoms with Crippen LogP contribution in [-0.2, 0) is 6.61 Å². The SMILES string of the molecule is O=C(c1ccccc1)c1ccc(OCc2nn[nH]n2)c(Cl)c1Cl. The van der Waals surface area contributed by atoms with Crippen LogP contribution in [0.4, 0.5) is 0 Å². The Morgan fingerprint density at radius 3 is 2.57 bits per heavy atom. The maximum absolute atomic E-state index is 12.5. The molecular formula is C15H10Cl2N4O2. The highest BCUT2D eigenvalue weighted by atomic mass is 35.5. The molecule has 0 radical (unpaired) electrons. The number of nitrogens with zero attached hydrogens (tertiary/aromatic N) is 3. The quantitative estimate of drug-likeness (QED) is 0.715. The average Bonchev–Trinajstić information content (AvgIpc) is 3.10. The number of nitrogens with one attached hydrogen (secondary N) is 1. The van der Waals surface area contributed by atoms with E-state index in [-0.39, 0.29) is 22.4 Å². The molecule has 3 rings (SSSR count). The summed E-state index contributed by atoms with van der Waals surface area (Å²) >= 11 is 12.4. The van der Waals surface area contributed by atoms with E-state index in [1.807, 2.05) is 6.07 Å². The van der Waals surface area contributed by atoms with Crippen LogP contribution in [0.1, 0.15) is 21.7 Å². The van der Waals surface area contributed by atoms with Gasteiger partial charge in [0, 0.05) is 11.1 Å². The summed E-state index contributed by atoms with van der Waals surface area (Å²) in [6.07, 6.45) is 0. The number of tetrazole rings is 1. The minimum atomic E-state index is -0.206. The Labute approximate surface area is 141 Å². The molecule has 0 amide bonds. The van der Waals surface area contributed by atoms with Crippen molar-refractivity contribution in [2.45, 2.75) is 6.61 Å². The zero-order valence-electron chi connectivity index (χ0n) is 11.7. The van der Waals surface area contributed by atoms with E-state index in [1.54, 1.807) is 36.4 Å². The lowest BCUT2D eigenvalue weighted by Crippen LogP contribution is -2.04. The summed E-state index contributed by atoms with van der Waals surface area (Å²) < 4.78 is 5.49. The number of hydrogen-bond acceptors (Lipinski definition) is 5. The molecule has 0 fully saturated rings. The summed E-state index contributed by atoms with van der Waals surface area (Å²) in [5, 5.41) is 13.6. The molecule has 8 heteroatoms. The third-order valence-corrected chi connectivity index (χ3v) is 3.94. The molecule has 6 nitrogen and oxygen atoms in total. The number of carbonyl (C=O) groups is 1. The highest BCUT2D eigenvalue weighted by Crippen LogP contribution is 2.35. The lowest BCUT2D eigenvalue weighted by atomic mass is 10.0. The number of ether oxygens (including phenoxy) is 1. The van der Waals surface area contributed by atoms with Gasteiger partial charge < -0.3 is 4.74 Å². The third kappa shape index (κ3) is 3.33. The normalized spacial score (nSPS) is 10.5. The van der Waals surface area contributed by atoms with E-state index in [2.05, 4.69) is 20.6 Å². The van der Waals surface area contributed by atoms with Gasteiger partial charge in [-0.15, -0.1) is 10.2 Å². The fraction of sp³-hybridized carbons (Fsp3) is 0.0667. The van der Waals surface area contributed by atoms with Gasteiger partial charge in [-0.1, -0.05) is 58.7 Å². The van der Waals surface area contributed by atoms with Gasteiger partial charge in [-0.3, -0.25) is 4.79 Å². The molecule has 0 bridgehead atoms. The number of hydrogen-bond donors (Lipinski definition) is 1. The maximum atomic E-state index is 12.5. The van der Waals surface area contributed by atoms with Gasteiger partial charge in [-0.05, 0) is 12.1 Å². The Bertz CT molecular complexity index is 823. The Kier molecular flexibility index (Phi) is 4.55. The van der Waals surface area contributed by atoms with E-state index >= 15 is 0 Å². The van der Waals surface area contributed by atoms with Crippen molar-refractivity contribution in [2.75, 3.05) is 0 Å². The van der Waals surface area contributed by atoms with Crippen LogP contribution >= 0.6 is 23.2 Å². The molecule has 1 N–H and O–H groups in total. The molecule has 23 heavy (non-hydrogen) atoms. The predicted molar refractivity (Wildman–Crippen MR) is 84.8 cm³/mol. The lowest BCUT2D eigenvalue weighted by molar-refractivity contribution is 0.103. The van der Waals surface area contributed by atoms with Crippen LogP contribution < -0.4 is 4.74 Å². The second-order valence-corrected chi connectivity index (χ2v) is 5.31. The third-order valence-electron chi connectivity index (χ3n) is 3.07. The van der Waals surface area contributed by atoms with E-state index < -0.39 is 0 Å². The van der Waals surface area contributed by atoms with Gasteiger partial charge in [-0.25, -0.2) is 0 Å². The summed E-state index contributed by atoms with van der Waals surface area (Å²) in [7, 11) is 0. The summed E-state index contributed by atoms with van der Waals surface area (Å²) in [4.78, 5) is 12.5. The first-order valence-electron chi connectivity index (χ1n) is 6.59. The molecule has 1 heterocycles. The molecule has 0 saturated heterocycles. The molecule has 0 unspecified atom stereocenters. The highest BCUT2D eigenvalue weighted by Gasteiger charge is 2.18. The van der Waals surface area contributed by atoms with Crippen molar-refractivity contribution < 1.29 is 9.53 Å². The molecule has 0 aliphatic carbocycles. The Morgan fingerprint density at radius 1 is 1.09 bits per heavy atom. The zero-order chi connectivity index (χ0) is 16.2. The summed E-state index contributed by atoms with van der Waals surface area (Å²) in [6, 6.07) is 12.0. The van der Waals surface area contributed by atoms with E-state index in [0.717, 1.165) is 0 Å². The first-order chi connectivity index (χ1) is 11.2. The summed E-state index contributed by atoms with van der Waals surface area (Å²) in [6.45, 7) is 0.0819. The van der Waals surface area contributed by atoms with E-state index in [1.165, 1.54) is 0 Å². The van der Waals surface area contributed by atoms with E-state index in [0.29, 0.717) is 22.7 Å². The fourth-order valence-electron chi connectivity index (χ4n) is 1.95. The van der Waals surface area contributed by atoms with Crippen molar-refractivity contribution in [3.05, 3.63) is 69.5 Å². The molecule has 116 valence electrons. The second-order valence-electron chi connectivity index (χ2n) is 4.55. The molecule has 2 aromatic carbocycles. The molecule has 3 aromatic rings. The van der Waals surface area contributed by atoms with E-state index in [9.17, 15) is 4.79 Å². The van der Waals surface area contributed by atoms with E-state index in [4.69, 9.17) is 27.9 Å². The topological polar surface area (TPSA) is 80.8 Å². The minimum Gasteiger partial charge on any atom is -0.484 e. The number of aromatic amines is 1. The standard InChI is InChI=1S/C15H10Cl2N4O2/c16-13-10(15(22)9-4-2-1-3-5-9)6-7-11(14(13)17)23-8-12-18-20-21-19-12/h1-7H,8H2,(H,18,19,20,21). The number of carbonyl (C=O) groups excluding carboxylic acids is 1. The number of aromatic nitrogens is 4. The monoisotopic (exact) mass is 348 g/mol. The second kappa shape index (κ2) is 6.76. The van der Waals surface area contributed by atoms with Crippen LogP contribution in [0.5, 0.6) is 5.75 Å². The van der Waals surface area contributed by atoms with Crippen molar-refractivity contribution in [3.8, 4) is 5.75 Å². The Morgan fingerprint density at radius 2 is 1.87 bits per heavy atom. The van der Waals surface area contributed by atoms with Gasteiger partial charge in [0.05, 0.1) is 5.02 Å². The molecule has 0 atom stereocenters. The molecule has 0 aliphatic rings. The van der Waals surface area contributed by atoms with Crippen LogP contribution in [0, 0.1) is 0 Å². The number of H-pyrrole nitrogens is 1. The smallest absolute Gasteiger partial charge is 0.211 e. The van der Waals surface area contributed by atoms with Crippen molar-refractivity contribution in [1.29, 1.82) is 0 Å². The largest absolute Gasteiger partial charge is 0.484 e. The van der Waals surface area contributed by atoms with Gasteiger partial charge in [0.2, 0.25) is 5.82 Å². The fourth-order valence-corrected chi connectivity index (χ4v) is 2.41.